The van der Waals surface area contributed by atoms with Crippen molar-refractivity contribution in [3.63, 3.8) is 0 Å². The van der Waals surface area contributed by atoms with Crippen LogP contribution in [0.15, 0.2) is 11.4 Å². The molecule has 0 bridgehead atoms. The van der Waals surface area contributed by atoms with Crippen LogP contribution in [0.1, 0.15) is 54.3 Å². The van der Waals surface area contributed by atoms with E-state index in [0.29, 0.717) is 21.7 Å². The lowest BCUT2D eigenvalue weighted by Crippen LogP contribution is -2.15. The summed E-state index contributed by atoms with van der Waals surface area (Å²) in [4.78, 5) is 39.6. The van der Waals surface area contributed by atoms with Crippen LogP contribution in [-0.4, -0.2) is 35.9 Å². The molecule has 2 aromatic rings. The van der Waals surface area contributed by atoms with Gasteiger partial charge in [0.05, 0.1) is 17.9 Å². The zero-order valence-corrected chi connectivity index (χ0v) is 14.8. The molecule has 2 aromatic heterocycles. The van der Waals surface area contributed by atoms with Crippen molar-refractivity contribution in [2.45, 2.75) is 27.7 Å². The van der Waals surface area contributed by atoms with Crippen molar-refractivity contribution in [2.24, 2.45) is 0 Å². The number of nitrogens with one attached hydrogen (secondary N) is 1. The van der Waals surface area contributed by atoms with Crippen LogP contribution in [0.25, 0.3) is 0 Å². The predicted octanol–water partition coefficient (Wildman–Crippen LogP) is 3.22. The number of aromatic nitrogens is 1. The Labute approximate surface area is 143 Å². The average Bonchev–Trinajstić information content (AvgIpc) is 3.08. The van der Waals surface area contributed by atoms with Crippen LogP contribution < -0.4 is 0 Å². The van der Waals surface area contributed by atoms with Crippen LogP contribution in [0.3, 0.4) is 0 Å². The summed E-state index contributed by atoms with van der Waals surface area (Å²) in [6, 6.07) is 1.81. The van der Waals surface area contributed by atoms with Gasteiger partial charge in [-0.3, -0.25) is 4.79 Å². The Morgan fingerprint density at radius 2 is 1.83 bits per heavy atom. The predicted molar refractivity (Wildman–Crippen MR) is 89.9 cm³/mol. The molecule has 0 saturated carbocycles. The number of carbonyl (C=O) groups excluding carboxylic acids is 3. The van der Waals surface area contributed by atoms with Gasteiger partial charge in [-0.15, -0.1) is 11.3 Å². The zero-order valence-electron chi connectivity index (χ0n) is 14.0. The summed E-state index contributed by atoms with van der Waals surface area (Å²) in [6.07, 6.45) is 0. The van der Waals surface area contributed by atoms with Crippen LogP contribution in [-0.2, 0) is 9.47 Å². The molecule has 0 saturated heterocycles. The maximum absolute atomic E-state index is 12.3. The van der Waals surface area contributed by atoms with Gasteiger partial charge in [0.15, 0.2) is 6.61 Å². The zero-order chi connectivity index (χ0) is 17.9. The average molecular weight is 349 g/mol. The second kappa shape index (κ2) is 7.44. The molecule has 2 heterocycles. The highest BCUT2D eigenvalue weighted by Crippen LogP contribution is 2.20. The molecular weight excluding hydrogens is 330 g/mol. The third kappa shape index (κ3) is 3.56. The lowest BCUT2D eigenvalue weighted by molar-refractivity contribution is 0.0476. The van der Waals surface area contributed by atoms with Crippen molar-refractivity contribution in [1.82, 2.24) is 4.98 Å². The number of ether oxygens (including phenoxy) is 2. The van der Waals surface area contributed by atoms with E-state index in [1.54, 1.807) is 33.1 Å². The highest BCUT2D eigenvalue weighted by atomic mass is 32.1. The van der Waals surface area contributed by atoms with Crippen molar-refractivity contribution in [3.8, 4) is 0 Å². The second-order valence-corrected chi connectivity index (χ2v) is 6.19. The molecule has 7 heteroatoms. The van der Waals surface area contributed by atoms with Crippen molar-refractivity contribution >= 4 is 29.1 Å². The summed E-state index contributed by atoms with van der Waals surface area (Å²) in [6.45, 7) is 6.74. The summed E-state index contributed by atoms with van der Waals surface area (Å²) in [7, 11) is 0. The van der Waals surface area contributed by atoms with Crippen LogP contribution in [0, 0.1) is 20.8 Å². The number of rotatable bonds is 6. The maximum atomic E-state index is 12.3. The number of carbonyl (C=O) groups is 3. The van der Waals surface area contributed by atoms with E-state index in [9.17, 15) is 14.4 Å². The van der Waals surface area contributed by atoms with Crippen molar-refractivity contribution in [2.75, 3.05) is 13.2 Å². The smallest absolute Gasteiger partial charge is 0.349 e. The van der Waals surface area contributed by atoms with Crippen molar-refractivity contribution in [1.29, 1.82) is 0 Å². The normalized spacial score (nSPS) is 10.5. The first-order valence-electron chi connectivity index (χ1n) is 7.47. The van der Waals surface area contributed by atoms with Gasteiger partial charge < -0.3 is 14.5 Å². The quantitative estimate of drug-likeness (QED) is 0.639. The number of hydrogen-bond donors (Lipinski definition) is 1. The summed E-state index contributed by atoms with van der Waals surface area (Å²) >= 11 is 1.27. The summed E-state index contributed by atoms with van der Waals surface area (Å²) < 4.78 is 10.1. The fourth-order valence-corrected chi connectivity index (χ4v) is 3.21. The van der Waals surface area contributed by atoms with Gasteiger partial charge in [-0.1, -0.05) is 0 Å². The first kappa shape index (κ1) is 17.9. The molecule has 0 fully saturated rings. The summed E-state index contributed by atoms with van der Waals surface area (Å²) in [5.74, 6) is -1.40. The Balaban J connectivity index is 2.11. The van der Waals surface area contributed by atoms with E-state index in [0.717, 1.165) is 5.56 Å². The minimum Gasteiger partial charge on any atom is -0.462 e. The topological polar surface area (TPSA) is 85.5 Å². The number of ketones is 1. The third-order valence-electron chi connectivity index (χ3n) is 3.58. The molecule has 6 nitrogen and oxygen atoms in total. The molecule has 0 amide bonds. The van der Waals surface area contributed by atoms with E-state index >= 15 is 0 Å². The van der Waals surface area contributed by atoms with Crippen LogP contribution >= 0.6 is 11.3 Å². The Morgan fingerprint density at radius 3 is 2.42 bits per heavy atom. The molecule has 0 aliphatic carbocycles. The summed E-state index contributed by atoms with van der Waals surface area (Å²) in [5.41, 5.74) is 2.47. The molecule has 0 unspecified atom stereocenters. The minimum atomic E-state index is -0.526. The monoisotopic (exact) mass is 349 g/mol. The molecule has 2 rings (SSSR count). The van der Waals surface area contributed by atoms with Gasteiger partial charge in [0, 0.05) is 5.69 Å². The van der Waals surface area contributed by atoms with Gasteiger partial charge in [0.25, 0.3) is 0 Å². The lowest BCUT2D eigenvalue weighted by Gasteiger charge is -2.04. The molecule has 0 atom stereocenters. The molecule has 1 N–H and O–H groups in total. The van der Waals surface area contributed by atoms with Gasteiger partial charge in [0.2, 0.25) is 5.78 Å². The van der Waals surface area contributed by atoms with Gasteiger partial charge in [-0.05, 0) is 50.3 Å². The Hall–Kier alpha value is -2.41. The number of aromatic amines is 1. The number of H-pyrrole nitrogens is 1. The van der Waals surface area contributed by atoms with Gasteiger partial charge >= 0.3 is 11.9 Å². The highest BCUT2D eigenvalue weighted by Gasteiger charge is 2.24. The van der Waals surface area contributed by atoms with Crippen LogP contribution in [0.5, 0.6) is 0 Å². The number of esters is 2. The maximum Gasteiger partial charge on any atom is 0.349 e. The fourth-order valence-electron chi connectivity index (χ4n) is 2.39. The first-order chi connectivity index (χ1) is 11.4. The van der Waals surface area contributed by atoms with Gasteiger partial charge in [-0.2, -0.15) is 0 Å². The fraction of sp³-hybridized carbons (Fsp3) is 0.353. The van der Waals surface area contributed by atoms with E-state index in [-0.39, 0.29) is 18.9 Å². The number of hydrogen-bond acceptors (Lipinski definition) is 6. The number of thiophene rings is 1. The van der Waals surface area contributed by atoms with E-state index in [4.69, 9.17) is 9.47 Å². The van der Waals surface area contributed by atoms with Crippen molar-refractivity contribution in [3.05, 3.63) is 44.4 Å². The molecule has 0 spiro atoms. The third-order valence-corrected chi connectivity index (χ3v) is 4.57. The largest absolute Gasteiger partial charge is 0.462 e. The molecular formula is C17H19NO5S. The number of Topliss-reactive ketones (excluding diaryl/α,β-unsaturated/α-hetero) is 1. The molecule has 0 aliphatic heterocycles. The molecule has 24 heavy (non-hydrogen) atoms. The Morgan fingerprint density at radius 1 is 1.12 bits per heavy atom. The molecule has 0 aromatic carbocycles. The first-order valence-corrected chi connectivity index (χ1v) is 8.35. The van der Waals surface area contributed by atoms with Crippen molar-refractivity contribution < 1.29 is 23.9 Å². The lowest BCUT2D eigenvalue weighted by atomic mass is 10.1. The van der Waals surface area contributed by atoms with E-state index in [1.807, 2.05) is 6.07 Å². The highest BCUT2D eigenvalue weighted by molar-refractivity contribution is 7.12. The van der Waals surface area contributed by atoms with E-state index in [2.05, 4.69) is 4.98 Å². The van der Waals surface area contributed by atoms with Crippen LogP contribution in [0.4, 0.5) is 0 Å². The van der Waals surface area contributed by atoms with E-state index in [1.165, 1.54) is 11.3 Å². The second-order valence-electron chi connectivity index (χ2n) is 5.28. The van der Waals surface area contributed by atoms with Crippen LogP contribution in [0.2, 0.25) is 0 Å². The Bertz CT molecular complexity index is 787. The van der Waals surface area contributed by atoms with Gasteiger partial charge in [0.1, 0.15) is 4.88 Å². The molecule has 128 valence electrons. The number of aryl methyl sites for hydroxylation is 2. The van der Waals surface area contributed by atoms with Gasteiger partial charge in [-0.25, -0.2) is 9.59 Å². The standard InChI is InChI=1S/C17H19NO5S/c1-5-22-16(20)13-10(3)14(18-11(13)4)12(19)8-23-17(21)15-9(2)6-7-24-15/h6-7,18H,5,8H2,1-4H3. The molecule has 0 aliphatic rings. The minimum absolute atomic E-state index is 0.254. The SMILES string of the molecule is CCOC(=O)c1c(C)[nH]c(C(=O)COC(=O)c2sccc2C)c1C. The molecule has 0 radical (unpaired) electrons. The van der Waals surface area contributed by atoms with E-state index < -0.39 is 17.7 Å². The summed E-state index contributed by atoms with van der Waals surface area (Å²) in [5, 5.41) is 1.79. The Kier molecular flexibility index (Phi) is 5.56.